The highest BCUT2D eigenvalue weighted by molar-refractivity contribution is 5.83. The zero-order valence-corrected chi connectivity index (χ0v) is 14.0. The largest absolute Gasteiger partial charge is 0.335 e. The molecule has 0 bridgehead atoms. The average molecular weight is 320 g/mol. The Labute approximate surface area is 143 Å². The maximum Gasteiger partial charge on any atom is 0.226 e. The molecule has 2 aliphatic rings. The molecule has 3 atom stereocenters. The van der Waals surface area contributed by atoms with Gasteiger partial charge in [-0.2, -0.15) is 0 Å². The van der Waals surface area contributed by atoms with Crippen LogP contribution >= 0.6 is 0 Å². The summed E-state index contributed by atoms with van der Waals surface area (Å²) in [6.45, 7) is 0.893. The minimum atomic E-state index is 0.176. The Morgan fingerprint density at radius 3 is 2.54 bits per heavy atom. The molecule has 3 heteroatoms. The van der Waals surface area contributed by atoms with Crippen molar-refractivity contribution in [3.8, 4) is 0 Å². The standard InChI is InChI=1S/C21H24N2O/c24-21(19-15-18(19)16-7-3-1-4-8-16)23-14-6-2-5-9-20(23)17-10-12-22-13-11-17/h1,3-4,7-8,10-13,18-20H,2,5-6,9,14-15H2/t18-,19+,20+/m0/s1. The summed E-state index contributed by atoms with van der Waals surface area (Å²) < 4.78 is 0. The first-order valence-corrected chi connectivity index (χ1v) is 9.10. The lowest BCUT2D eigenvalue weighted by molar-refractivity contribution is -0.135. The van der Waals surface area contributed by atoms with E-state index in [0.717, 1.165) is 25.8 Å². The summed E-state index contributed by atoms with van der Waals surface area (Å²) in [5.41, 5.74) is 2.54. The van der Waals surface area contributed by atoms with Gasteiger partial charge in [0.1, 0.15) is 0 Å². The Morgan fingerprint density at radius 2 is 1.75 bits per heavy atom. The third kappa shape index (κ3) is 3.08. The number of rotatable bonds is 3. The predicted molar refractivity (Wildman–Crippen MR) is 94.4 cm³/mol. The van der Waals surface area contributed by atoms with Crippen LogP contribution in [0.3, 0.4) is 0 Å². The van der Waals surface area contributed by atoms with Crippen molar-refractivity contribution in [2.24, 2.45) is 5.92 Å². The quantitative estimate of drug-likeness (QED) is 0.843. The van der Waals surface area contributed by atoms with Crippen molar-refractivity contribution in [3.63, 3.8) is 0 Å². The van der Waals surface area contributed by atoms with E-state index in [1.54, 1.807) is 0 Å². The van der Waals surface area contributed by atoms with E-state index in [0.29, 0.717) is 11.8 Å². The summed E-state index contributed by atoms with van der Waals surface area (Å²) >= 11 is 0. The van der Waals surface area contributed by atoms with Gasteiger partial charge < -0.3 is 4.90 Å². The minimum Gasteiger partial charge on any atom is -0.335 e. The van der Waals surface area contributed by atoms with Gasteiger partial charge in [0.25, 0.3) is 0 Å². The third-order valence-corrected chi connectivity index (χ3v) is 5.46. The van der Waals surface area contributed by atoms with Crippen LogP contribution in [-0.4, -0.2) is 22.3 Å². The van der Waals surface area contributed by atoms with Crippen molar-refractivity contribution < 1.29 is 4.79 Å². The fraction of sp³-hybridized carbons (Fsp3) is 0.429. The van der Waals surface area contributed by atoms with Gasteiger partial charge in [0.05, 0.1) is 6.04 Å². The summed E-state index contributed by atoms with van der Waals surface area (Å²) in [4.78, 5) is 19.5. The second-order valence-electron chi connectivity index (χ2n) is 7.04. The molecule has 2 aromatic rings. The van der Waals surface area contributed by atoms with E-state index in [2.05, 4.69) is 46.3 Å². The molecule has 0 unspecified atom stereocenters. The lowest BCUT2D eigenvalue weighted by Crippen LogP contribution is -2.36. The average Bonchev–Trinajstić information content (AvgIpc) is 3.46. The van der Waals surface area contributed by atoms with Crippen LogP contribution in [0.15, 0.2) is 54.9 Å². The topological polar surface area (TPSA) is 33.2 Å². The first kappa shape index (κ1) is 15.4. The molecular weight excluding hydrogens is 296 g/mol. The molecule has 1 aromatic carbocycles. The fourth-order valence-corrected chi connectivity index (χ4v) is 4.05. The van der Waals surface area contributed by atoms with Crippen LogP contribution in [-0.2, 0) is 4.79 Å². The molecule has 2 heterocycles. The van der Waals surface area contributed by atoms with Crippen LogP contribution in [0.25, 0.3) is 0 Å². The Balaban J connectivity index is 1.53. The Kier molecular flexibility index (Phi) is 4.33. The van der Waals surface area contributed by atoms with Crippen LogP contribution in [0.4, 0.5) is 0 Å². The normalized spacial score (nSPS) is 26.7. The molecule has 124 valence electrons. The molecule has 1 amide bonds. The smallest absolute Gasteiger partial charge is 0.226 e. The van der Waals surface area contributed by atoms with Crippen LogP contribution in [0.5, 0.6) is 0 Å². The fourth-order valence-electron chi connectivity index (χ4n) is 4.05. The molecule has 4 rings (SSSR count). The van der Waals surface area contributed by atoms with Gasteiger partial charge >= 0.3 is 0 Å². The molecular formula is C21H24N2O. The van der Waals surface area contributed by atoms with E-state index < -0.39 is 0 Å². The monoisotopic (exact) mass is 320 g/mol. The first-order valence-electron chi connectivity index (χ1n) is 9.10. The predicted octanol–water partition coefficient (Wildman–Crippen LogP) is 4.33. The number of carbonyl (C=O) groups excluding carboxylic acids is 1. The number of amides is 1. The summed E-state index contributed by atoms with van der Waals surface area (Å²) in [5, 5.41) is 0. The summed E-state index contributed by atoms with van der Waals surface area (Å²) in [6.07, 6.45) is 9.29. The summed E-state index contributed by atoms with van der Waals surface area (Å²) in [5.74, 6) is 0.947. The lowest BCUT2D eigenvalue weighted by atomic mass is 10.0. The Bertz CT molecular complexity index is 685. The number of pyridine rings is 1. The van der Waals surface area contributed by atoms with E-state index in [9.17, 15) is 4.79 Å². The summed E-state index contributed by atoms with van der Waals surface area (Å²) in [6, 6.07) is 14.8. The number of hydrogen-bond donors (Lipinski definition) is 0. The van der Waals surface area contributed by atoms with E-state index in [1.165, 1.54) is 24.0 Å². The zero-order chi connectivity index (χ0) is 16.4. The van der Waals surface area contributed by atoms with Crippen LogP contribution in [0.1, 0.15) is 55.2 Å². The van der Waals surface area contributed by atoms with Crippen LogP contribution in [0.2, 0.25) is 0 Å². The minimum absolute atomic E-state index is 0.176. The number of nitrogens with zero attached hydrogens (tertiary/aromatic N) is 2. The zero-order valence-electron chi connectivity index (χ0n) is 14.0. The molecule has 1 saturated carbocycles. The van der Waals surface area contributed by atoms with Gasteiger partial charge in [-0.3, -0.25) is 9.78 Å². The second kappa shape index (κ2) is 6.76. The molecule has 1 aromatic heterocycles. The lowest BCUT2D eigenvalue weighted by Gasteiger charge is -2.31. The Morgan fingerprint density at radius 1 is 0.958 bits per heavy atom. The van der Waals surface area contributed by atoms with Gasteiger partial charge in [-0.05, 0) is 48.4 Å². The van der Waals surface area contributed by atoms with Crippen LogP contribution < -0.4 is 0 Å². The Hall–Kier alpha value is -2.16. The number of aromatic nitrogens is 1. The van der Waals surface area contributed by atoms with Gasteiger partial charge in [0, 0.05) is 24.9 Å². The third-order valence-electron chi connectivity index (χ3n) is 5.46. The number of hydrogen-bond acceptors (Lipinski definition) is 2. The van der Waals surface area contributed by atoms with Crippen molar-refractivity contribution in [1.82, 2.24) is 9.88 Å². The second-order valence-corrected chi connectivity index (χ2v) is 7.04. The highest BCUT2D eigenvalue weighted by Crippen LogP contribution is 2.49. The summed E-state index contributed by atoms with van der Waals surface area (Å²) in [7, 11) is 0. The van der Waals surface area contributed by atoms with Gasteiger partial charge in [0.15, 0.2) is 0 Å². The highest BCUT2D eigenvalue weighted by Gasteiger charge is 2.46. The molecule has 1 saturated heterocycles. The SMILES string of the molecule is O=C([C@@H]1C[C@H]1c1ccccc1)N1CCCCC[C@@H]1c1ccncc1. The molecule has 0 radical (unpaired) electrons. The maximum atomic E-state index is 13.2. The maximum absolute atomic E-state index is 13.2. The van der Waals surface area contributed by atoms with Crippen LogP contribution in [0, 0.1) is 5.92 Å². The van der Waals surface area contributed by atoms with Crippen molar-refractivity contribution in [1.29, 1.82) is 0 Å². The van der Waals surface area contributed by atoms with E-state index in [-0.39, 0.29) is 12.0 Å². The molecule has 1 aliphatic heterocycles. The van der Waals surface area contributed by atoms with Crippen molar-refractivity contribution in [2.75, 3.05) is 6.54 Å². The number of benzene rings is 1. The van der Waals surface area contributed by atoms with Gasteiger partial charge in [0.2, 0.25) is 5.91 Å². The van der Waals surface area contributed by atoms with Gasteiger partial charge in [-0.15, -0.1) is 0 Å². The molecule has 0 N–H and O–H groups in total. The van der Waals surface area contributed by atoms with Crippen molar-refractivity contribution >= 4 is 5.91 Å². The van der Waals surface area contributed by atoms with Crippen molar-refractivity contribution in [3.05, 3.63) is 66.0 Å². The highest BCUT2D eigenvalue weighted by atomic mass is 16.2. The first-order chi connectivity index (χ1) is 11.8. The molecule has 1 aliphatic carbocycles. The van der Waals surface area contributed by atoms with Gasteiger partial charge in [-0.25, -0.2) is 0 Å². The number of likely N-dealkylation sites (tertiary alicyclic amines) is 1. The molecule has 24 heavy (non-hydrogen) atoms. The number of carbonyl (C=O) groups is 1. The van der Waals surface area contributed by atoms with E-state index >= 15 is 0 Å². The molecule has 3 nitrogen and oxygen atoms in total. The molecule has 0 spiro atoms. The van der Waals surface area contributed by atoms with Gasteiger partial charge in [-0.1, -0.05) is 43.2 Å². The molecule has 2 fully saturated rings. The van der Waals surface area contributed by atoms with E-state index in [4.69, 9.17) is 0 Å². The van der Waals surface area contributed by atoms with E-state index in [1.807, 2.05) is 18.5 Å². The van der Waals surface area contributed by atoms with Crippen molar-refractivity contribution in [2.45, 2.75) is 44.1 Å².